The van der Waals surface area contributed by atoms with E-state index in [2.05, 4.69) is 10.6 Å². The summed E-state index contributed by atoms with van der Waals surface area (Å²) in [6.45, 7) is 7.40. The highest BCUT2D eigenvalue weighted by Gasteiger charge is 2.24. The number of rotatable bonds is 7. The molecule has 140 valence electrons. The second-order valence-corrected chi connectivity index (χ2v) is 7.25. The molecule has 1 aromatic rings. The molecule has 2 amide bonds. The molecule has 0 saturated heterocycles. The van der Waals surface area contributed by atoms with Gasteiger partial charge in [-0.15, -0.1) is 0 Å². The minimum Gasteiger partial charge on any atom is -0.436 e. The largest absolute Gasteiger partial charge is 0.436 e. The summed E-state index contributed by atoms with van der Waals surface area (Å²) in [6, 6.07) is 4.58. The number of alkyl carbamates (subject to hydrolysis) is 1. The molecule has 2 N–H and O–H groups in total. The molecular formula is C18H26ClFN2O3. The highest BCUT2D eigenvalue weighted by Crippen LogP contribution is 2.17. The lowest BCUT2D eigenvalue weighted by Crippen LogP contribution is -2.45. The summed E-state index contributed by atoms with van der Waals surface area (Å²) in [5.74, 6) is -1.03. The maximum absolute atomic E-state index is 13.9. The van der Waals surface area contributed by atoms with Crippen molar-refractivity contribution in [1.82, 2.24) is 10.6 Å². The van der Waals surface area contributed by atoms with Crippen molar-refractivity contribution in [3.8, 4) is 0 Å². The van der Waals surface area contributed by atoms with Crippen LogP contribution >= 0.6 is 11.6 Å². The molecule has 0 bridgehead atoms. The Kier molecular flexibility index (Phi) is 8.16. The Hall–Kier alpha value is -1.82. The van der Waals surface area contributed by atoms with Crippen LogP contribution in [-0.2, 0) is 16.1 Å². The summed E-state index contributed by atoms with van der Waals surface area (Å²) in [4.78, 5) is 24.3. The van der Waals surface area contributed by atoms with Crippen LogP contribution in [0.15, 0.2) is 18.2 Å². The Morgan fingerprint density at radius 1 is 1.32 bits per heavy atom. The second-order valence-electron chi connectivity index (χ2n) is 6.84. The summed E-state index contributed by atoms with van der Waals surface area (Å²) < 4.78 is 19.1. The van der Waals surface area contributed by atoms with Gasteiger partial charge in [-0.2, -0.15) is 0 Å². The number of ether oxygens (including phenoxy) is 1. The van der Waals surface area contributed by atoms with Gasteiger partial charge in [0.1, 0.15) is 5.82 Å². The maximum Gasteiger partial charge on any atom is 0.408 e. The van der Waals surface area contributed by atoms with Gasteiger partial charge in [0.25, 0.3) is 5.91 Å². The fourth-order valence-corrected chi connectivity index (χ4v) is 2.27. The first-order valence-corrected chi connectivity index (χ1v) is 8.71. The van der Waals surface area contributed by atoms with Crippen molar-refractivity contribution in [3.05, 3.63) is 34.6 Å². The molecule has 0 aliphatic rings. The van der Waals surface area contributed by atoms with Gasteiger partial charge >= 0.3 is 6.09 Å². The minimum atomic E-state index is -0.926. The Balaban J connectivity index is 2.69. The van der Waals surface area contributed by atoms with Crippen LogP contribution in [-0.4, -0.2) is 23.6 Å². The van der Waals surface area contributed by atoms with E-state index in [1.165, 1.54) is 12.1 Å². The first-order chi connectivity index (χ1) is 11.6. The van der Waals surface area contributed by atoms with E-state index in [1.807, 2.05) is 27.7 Å². The Morgan fingerprint density at radius 2 is 2.00 bits per heavy atom. The zero-order valence-electron chi connectivity index (χ0n) is 15.1. The van der Waals surface area contributed by atoms with Crippen LogP contribution in [0.5, 0.6) is 0 Å². The summed E-state index contributed by atoms with van der Waals surface area (Å²) in [6.07, 6.45) is 0.406. The third kappa shape index (κ3) is 7.73. The van der Waals surface area contributed by atoms with Crippen LogP contribution < -0.4 is 10.6 Å². The molecule has 0 aliphatic carbocycles. The second kappa shape index (κ2) is 9.61. The number of carbonyl (C=O) groups excluding carboxylic acids is 2. The van der Waals surface area contributed by atoms with Crippen LogP contribution in [0.4, 0.5) is 9.18 Å². The van der Waals surface area contributed by atoms with Gasteiger partial charge in [-0.25, -0.2) is 9.18 Å². The number of halogens is 2. The average Bonchev–Trinajstić information content (AvgIpc) is 2.50. The standard InChI is InChI=1S/C18H26ClFN2O3/c1-5-6-10-14(25-17(24)22-18(2,3)4)16(23)21-11-12-8-7-9-13(19)15(12)20/h7-9,14H,5-6,10-11H2,1-4H3,(H,21,23)(H,22,24)/t14-/m0/s1. The molecule has 1 rings (SSSR count). The molecule has 7 heteroatoms. The normalized spacial score (nSPS) is 12.4. The Bertz CT molecular complexity index is 602. The van der Waals surface area contributed by atoms with Gasteiger partial charge in [0.2, 0.25) is 0 Å². The average molecular weight is 373 g/mol. The van der Waals surface area contributed by atoms with Crippen molar-refractivity contribution < 1.29 is 18.7 Å². The fraction of sp³-hybridized carbons (Fsp3) is 0.556. The van der Waals surface area contributed by atoms with Gasteiger partial charge in [0.05, 0.1) is 5.02 Å². The molecule has 0 fully saturated rings. The van der Waals surface area contributed by atoms with Crippen LogP contribution in [0.1, 0.15) is 52.5 Å². The summed E-state index contributed by atoms with van der Waals surface area (Å²) >= 11 is 5.73. The number of unbranched alkanes of at least 4 members (excludes halogenated alkanes) is 1. The first kappa shape index (κ1) is 21.2. The topological polar surface area (TPSA) is 67.4 Å². The van der Waals surface area contributed by atoms with Gasteiger partial charge in [-0.05, 0) is 39.7 Å². The van der Waals surface area contributed by atoms with E-state index in [0.717, 1.165) is 12.8 Å². The van der Waals surface area contributed by atoms with Gasteiger partial charge in [-0.3, -0.25) is 4.79 Å². The van der Waals surface area contributed by atoms with Crippen LogP contribution in [0.25, 0.3) is 0 Å². The SMILES string of the molecule is CCCC[C@H](OC(=O)NC(C)(C)C)C(=O)NCc1cccc(Cl)c1F. The summed E-state index contributed by atoms with van der Waals surface area (Å²) in [7, 11) is 0. The number of amides is 2. The van der Waals surface area contributed by atoms with Crippen LogP contribution in [0.2, 0.25) is 5.02 Å². The number of carbonyl (C=O) groups is 2. The lowest BCUT2D eigenvalue weighted by atomic mass is 10.1. The zero-order chi connectivity index (χ0) is 19.0. The molecular weight excluding hydrogens is 347 g/mol. The van der Waals surface area contributed by atoms with E-state index in [0.29, 0.717) is 6.42 Å². The summed E-state index contributed by atoms with van der Waals surface area (Å²) in [5.41, 5.74) is -0.193. The van der Waals surface area contributed by atoms with E-state index in [-0.39, 0.29) is 17.1 Å². The molecule has 1 aromatic carbocycles. The monoisotopic (exact) mass is 372 g/mol. The molecule has 25 heavy (non-hydrogen) atoms. The third-order valence-corrected chi connectivity index (χ3v) is 3.62. The number of hydrogen-bond acceptors (Lipinski definition) is 3. The third-order valence-electron chi connectivity index (χ3n) is 3.32. The van der Waals surface area contributed by atoms with Crippen molar-refractivity contribution in [2.24, 2.45) is 0 Å². The molecule has 0 unspecified atom stereocenters. The number of hydrogen-bond donors (Lipinski definition) is 2. The molecule has 5 nitrogen and oxygen atoms in total. The predicted octanol–water partition coefficient (Wildman–Crippen LogP) is 4.18. The summed E-state index contributed by atoms with van der Waals surface area (Å²) in [5, 5.41) is 5.25. The van der Waals surface area contributed by atoms with Gasteiger partial charge in [-0.1, -0.05) is 37.1 Å². The molecule has 0 heterocycles. The lowest BCUT2D eigenvalue weighted by Gasteiger charge is -2.23. The van der Waals surface area contributed by atoms with Crippen LogP contribution in [0, 0.1) is 5.82 Å². The minimum absolute atomic E-state index is 0.00455. The van der Waals surface area contributed by atoms with E-state index >= 15 is 0 Å². The van der Waals surface area contributed by atoms with E-state index in [4.69, 9.17) is 16.3 Å². The first-order valence-electron chi connectivity index (χ1n) is 8.33. The predicted molar refractivity (Wildman–Crippen MR) is 95.9 cm³/mol. The van der Waals surface area contributed by atoms with Crippen molar-refractivity contribution in [2.75, 3.05) is 0 Å². The highest BCUT2D eigenvalue weighted by atomic mass is 35.5. The van der Waals surface area contributed by atoms with Gasteiger partial charge in [0.15, 0.2) is 6.10 Å². The lowest BCUT2D eigenvalue weighted by molar-refractivity contribution is -0.130. The quantitative estimate of drug-likeness (QED) is 0.754. The maximum atomic E-state index is 13.9. The van der Waals surface area contributed by atoms with Crippen molar-refractivity contribution >= 4 is 23.6 Å². The van der Waals surface area contributed by atoms with Crippen molar-refractivity contribution in [3.63, 3.8) is 0 Å². The molecule has 0 radical (unpaired) electrons. The zero-order valence-corrected chi connectivity index (χ0v) is 15.9. The number of nitrogens with one attached hydrogen (secondary N) is 2. The van der Waals surface area contributed by atoms with Crippen molar-refractivity contribution in [1.29, 1.82) is 0 Å². The van der Waals surface area contributed by atoms with E-state index in [1.54, 1.807) is 6.07 Å². The van der Waals surface area contributed by atoms with Gasteiger partial charge < -0.3 is 15.4 Å². The van der Waals surface area contributed by atoms with E-state index < -0.39 is 29.5 Å². The molecule has 0 spiro atoms. The Labute approximate surface area is 153 Å². The Morgan fingerprint density at radius 3 is 2.60 bits per heavy atom. The van der Waals surface area contributed by atoms with Crippen LogP contribution in [0.3, 0.4) is 0 Å². The molecule has 1 atom stereocenters. The fourth-order valence-electron chi connectivity index (χ4n) is 2.08. The highest BCUT2D eigenvalue weighted by molar-refractivity contribution is 6.30. The number of benzene rings is 1. The molecule has 0 aromatic heterocycles. The van der Waals surface area contributed by atoms with Crippen molar-refractivity contribution in [2.45, 2.75) is 65.1 Å². The molecule has 0 aliphatic heterocycles. The van der Waals surface area contributed by atoms with E-state index in [9.17, 15) is 14.0 Å². The molecule has 0 saturated carbocycles. The van der Waals surface area contributed by atoms with Gasteiger partial charge in [0, 0.05) is 17.6 Å². The smallest absolute Gasteiger partial charge is 0.408 e.